The number of hydrogen-bond acceptors (Lipinski definition) is 4. The first kappa shape index (κ1) is 21.7. The molecule has 1 aliphatic carbocycles. The number of anilines is 1. The zero-order valence-corrected chi connectivity index (χ0v) is 19.3. The first-order chi connectivity index (χ1) is 15.9. The second kappa shape index (κ2) is 8.32. The number of imidazole rings is 1. The molecule has 8 heteroatoms. The second-order valence-corrected chi connectivity index (χ2v) is 9.59. The smallest absolute Gasteiger partial charge is 0.279 e. The lowest BCUT2D eigenvalue weighted by Gasteiger charge is -2.44. The van der Waals surface area contributed by atoms with Crippen molar-refractivity contribution in [3.63, 3.8) is 0 Å². The lowest BCUT2D eigenvalue weighted by molar-refractivity contribution is -0.133. The minimum absolute atomic E-state index is 0.128. The Labute approximate surface area is 194 Å². The monoisotopic (exact) mass is 449 g/mol. The number of hydrogen-bond donors (Lipinski definition) is 1. The summed E-state index contributed by atoms with van der Waals surface area (Å²) in [6, 6.07) is 8.00. The van der Waals surface area contributed by atoms with Crippen LogP contribution in [0.25, 0.3) is 0 Å². The van der Waals surface area contributed by atoms with Crippen LogP contribution in [-0.2, 0) is 17.8 Å². The summed E-state index contributed by atoms with van der Waals surface area (Å²) in [4.78, 5) is 48.3. The van der Waals surface area contributed by atoms with Gasteiger partial charge in [-0.2, -0.15) is 0 Å². The third kappa shape index (κ3) is 3.52. The van der Waals surface area contributed by atoms with E-state index in [1.54, 1.807) is 14.4 Å². The van der Waals surface area contributed by atoms with Gasteiger partial charge in [0.1, 0.15) is 11.2 Å². The molecule has 0 saturated heterocycles. The number of amides is 3. The second-order valence-electron chi connectivity index (χ2n) is 9.59. The van der Waals surface area contributed by atoms with Gasteiger partial charge < -0.3 is 19.7 Å². The number of fused-ring (bicyclic) bond motifs is 2. The molecular formula is C25H31N5O3. The standard InChI is InChI=1S/C25H31N5O3/c1-3-13-30-23(32)21-20(22(31)29-14-12-17-8-4-7-11-19(17)29)26-16-28(21)15-25(30,2)24(33)27-18-9-5-6-10-18/h4,7-8,11,16,18H,3,5-6,9-10,12-15H2,1-2H3,(H,27,33). The lowest BCUT2D eigenvalue weighted by atomic mass is 9.93. The number of carbonyl (C=O) groups is 3. The van der Waals surface area contributed by atoms with E-state index in [0.717, 1.165) is 49.8 Å². The Morgan fingerprint density at radius 3 is 2.73 bits per heavy atom. The van der Waals surface area contributed by atoms with Crippen molar-refractivity contribution < 1.29 is 14.4 Å². The quantitative estimate of drug-likeness (QED) is 0.760. The number of nitrogens with zero attached hydrogens (tertiary/aromatic N) is 4. The van der Waals surface area contributed by atoms with E-state index in [1.807, 2.05) is 38.1 Å². The molecule has 1 aromatic heterocycles. The molecule has 0 bridgehead atoms. The largest absolute Gasteiger partial charge is 0.351 e. The van der Waals surface area contributed by atoms with Crippen LogP contribution in [0.15, 0.2) is 30.6 Å². The Hall–Kier alpha value is -3.16. The summed E-state index contributed by atoms with van der Waals surface area (Å²) in [7, 11) is 0. The van der Waals surface area contributed by atoms with Crippen LogP contribution in [0, 0.1) is 0 Å². The van der Waals surface area contributed by atoms with Crippen LogP contribution in [0.2, 0.25) is 0 Å². The Balaban J connectivity index is 1.47. The van der Waals surface area contributed by atoms with Gasteiger partial charge in [-0.05, 0) is 44.2 Å². The van der Waals surface area contributed by atoms with Crippen LogP contribution < -0.4 is 10.2 Å². The summed E-state index contributed by atoms with van der Waals surface area (Å²) in [6.07, 6.45) is 7.24. The molecule has 0 spiro atoms. The van der Waals surface area contributed by atoms with Gasteiger partial charge in [0.2, 0.25) is 5.91 Å². The summed E-state index contributed by atoms with van der Waals surface area (Å²) in [5, 5.41) is 3.17. The van der Waals surface area contributed by atoms with Crippen LogP contribution in [0.4, 0.5) is 5.69 Å². The van der Waals surface area contributed by atoms with Gasteiger partial charge in [-0.25, -0.2) is 4.98 Å². The normalized spacial score (nSPS) is 22.4. The number of rotatable bonds is 5. The molecule has 3 aliphatic rings. The van der Waals surface area contributed by atoms with Crippen molar-refractivity contribution >= 4 is 23.4 Å². The molecule has 8 nitrogen and oxygen atoms in total. The van der Waals surface area contributed by atoms with E-state index in [9.17, 15) is 14.4 Å². The van der Waals surface area contributed by atoms with Gasteiger partial charge >= 0.3 is 0 Å². The number of nitrogens with one attached hydrogen (secondary N) is 1. The van der Waals surface area contributed by atoms with Crippen molar-refractivity contribution in [2.75, 3.05) is 18.0 Å². The van der Waals surface area contributed by atoms with E-state index in [-0.39, 0.29) is 41.7 Å². The van der Waals surface area contributed by atoms with E-state index < -0.39 is 5.54 Å². The Morgan fingerprint density at radius 1 is 1.21 bits per heavy atom. The minimum atomic E-state index is -1.02. The molecule has 1 unspecified atom stereocenters. The molecule has 0 radical (unpaired) electrons. The van der Waals surface area contributed by atoms with Crippen molar-refractivity contribution in [1.29, 1.82) is 0 Å². The van der Waals surface area contributed by atoms with Crippen molar-refractivity contribution in [3.8, 4) is 0 Å². The third-order valence-electron chi connectivity index (χ3n) is 7.32. The van der Waals surface area contributed by atoms with Crippen molar-refractivity contribution in [2.24, 2.45) is 0 Å². The average Bonchev–Trinajstić information content (AvgIpc) is 3.55. The van der Waals surface area contributed by atoms with Crippen LogP contribution in [0.1, 0.15) is 72.5 Å². The average molecular weight is 450 g/mol. The van der Waals surface area contributed by atoms with E-state index in [1.165, 1.54) is 6.33 Å². The molecule has 5 rings (SSSR count). The van der Waals surface area contributed by atoms with Crippen LogP contribution in [0.5, 0.6) is 0 Å². The van der Waals surface area contributed by atoms with E-state index in [0.29, 0.717) is 13.1 Å². The van der Waals surface area contributed by atoms with Gasteiger partial charge in [-0.3, -0.25) is 14.4 Å². The number of para-hydroxylation sites is 1. The summed E-state index contributed by atoms with van der Waals surface area (Å²) in [5.41, 5.74) is 1.41. The van der Waals surface area contributed by atoms with Gasteiger partial charge in [0.25, 0.3) is 11.8 Å². The Bertz CT molecular complexity index is 1100. The molecule has 3 amide bonds. The molecule has 1 saturated carbocycles. The first-order valence-corrected chi connectivity index (χ1v) is 12.0. The molecule has 2 aromatic rings. The number of carbonyl (C=O) groups excluding carboxylic acids is 3. The van der Waals surface area contributed by atoms with E-state index in [4.69, 9.17) is 0 Å². The predicted molar refractivity (Wildman–Crippen MR) is 124 cm³/mol. The highest BCUT2D eigenvalue weighted by atomic mass is 16.2. The molecule has 1 aromatic carbocycles. The molecule has 33 heavy (non-hydrogen) atoms. The van der Waals surface area contributed by atoms with Gasteiger partial charge in [-0.15, -0.1) is 0 Å². The fraction of sp³-hybridized carbons (Fsp3) is 0.520. The molecule has 1 N–H and O–H groups in total. The predicted octanol–water partition coefficient (Wildman–Crippen LogP) is 2.77. The highest BCUT2D eigenvalue weighted by Crippen LogP contribution is 2.33. The highest BCUT2D eigenvalue weighted by Gasteiger charge is 2.49. The summed E-state index contributed by atoms with van der Waals surface area (Å²) in [6.45, 7) is 5.11. The van der Waals surface area contributed by atoms with Gasteiger partial charge in [0, 0.05) is 24.8 Å². The van der Waals surface area contributed by atoms with Gasteiger partial charge in [-0.1, -0.05) is 38.0 Å². The van der Waals surface area contributed by atoms with Crippen LogP contribution >= 0.6 is 0 Å². The first-order valence-electron chi connectivity index (χ1n) is 12.0. The van der Waals surface area contributed by atoms with Gasteiger partial charge in [0.05, 0.1) is 12.9 Å². The molecule has 1 fully saturated rings. The maximum Gasteiger partial charge on any atom is 0.279 e. The molecule has 3 heterocycles. The maximum absolute atomic E-state index is 13.7. The van der Waals surface area contributed by atoms with Crippen molar-refractivity contribution in [3.05, 3.63) is 47.5 Å². The molecule has 1 atom stereocenters. The van der Waals surface area contributed by atoms with Crippen LogP contribution in [-0.4, -0.2) is 56.8 Å². The topological polar surface area (TPSA) is 87.5 Å². The number of benzene rings is 1. The minimum Gasteiger partial charge on any atom is -0.351 e. The van der Waals surface area contributed by atoms with Crippen molar-refractivity contribution in [2.45, 2.75) is 70.5 Å². The van der Waals surface area contributed by atoms with Crippen molar-refractivity contribution in [1.82, 2.24) is 19.8 Å². The highest BCUT2D eigenvalue weighted by molar-refractivity contribution is 6.13. The van der Waals surface area contributed by atoms with E-state index >= 15 is 0 Å². The SMILES string of the molecule is CCCN1C(=O)c2c(C(=O)N3CCc4ccccc43)ncn2CC1(C)C(=O)NC1CCCC1. The fourth-order valence-corrected chi connectivity index (χ4v) is 5.51. The third-order valence-corrected chi connectivity index (χ3v) is 7.32. The summed E-state index contributed by atoms with van der Waals surface area (Å²) < 4.78 is 1.69. The molecular weight excluding hydrogens is 418 g/mol. The maximum atomic E-state index is 13.7. The Morgan fingerprint density at radius 2 is 1.97 bits per heavy atom. The molecule has 174 valence electrons. The Kier molecular flexibility index (Phi) is 5.46. The summed E-state index contributed by atoms with van der Waals surface area (Å²) >= 11 is 0. The number of aromatic nitrogens is 2. The fourth-order valence-electron chi connectivity index (χ4n) is 5.51. The van der Waals surface area contributed by atoms with Crippen LogP contribution in [0.3, 0.4) is 0 Å². The lowest BCUT2D eigenvalue weighted by Crippen LogP contribution is -2.65. The van der Waals surface area contributed by atoms with Gasteiger partial charge in [0.15, 0.2) is 5.69 Å². The summed E-state index contributed by atoms with van der Waals surface area (Å²) in [5.74, 6) is -0.699. The zero-order valence-electron chi connectivity index (χ0n) is 19.3. The van der Waals surface area contributed by atoms with E-state index in [2.05, 4.69) is 10.3 Å². The zero-order chi connectivity index (χ0) is 23.2. The molecule has 2 aliphatic heterocycles.